The van der Waals surface area contributed by atoms with E-state index >= 15 is 0 Å². The summed E-state index contributed by atoms with van der Waals surface area (Å²) in [5, 5.41) is 5.50. The fourth-order valence-electron chi connectivity index (χ4n) is 4.87. The Bertz CT molecular complexity index is 1150. The number of benzene rings is 2. The maximum atomic E-state index is 13.2. The predicted octanol–water partition coefficient (Wildman–Crippen LogP) is 4.26. The molecule has 2 aromatic rings. The molecule has 1 saturated carbocycles. The van der Waals surface area contributed by atoms with Gasteiger partial charge in [-0.05, 0) is 48.9 Å². The van der Waals surface area contributed by atoms with Crippen molar-refractivity contribution in [3.8, 4) is 11.5 Å². The van der Waals surface area contributed by atoms with Crippen LogP contribution >= 0.6 is 0 Å². The standard InChI is InChI=1S/C26H29N3O5/c1-16(2)17-6-8-18(9-7-17)25(3)23(31)29(24(32)28-25)15-22(30)27-19-10-11-20-21(14-19)34-26(33-20)12-4-5-13-26/h6-11,14,16H,4-5,12-13,15H2,1-3H3,(H,27,30)(H,28,32). The first-order chi connectivity index (χ1) is 16.2. The first-order valence-electron chi connectivity index (χ1n) is 11.8. The zero-order valence-electron chi connectivity index (χ0n) is 19.6. The topological polar surface area (TPSA) is 97.0 Å². The van der Waals surface area contributed by atoms with E-state index in [1.165, 1.54) is 0 Å². The molecule has 8 nitrogen and oxygen atoms in total. The number of hydrogen-bond donors (Lipinski definition) is 2. The van der Waals surface area contributed by atoms with E-state index in [2.05, 4.69) is 24.5 Å². The number of ether oxygens (including phenoxy) is 2. The van der Waals surface area contributed by atoms with Crippen LogP contribution in [-0.2, 0) is 15.1 Å². The second kappa shape index (κ2) is 8.04. The summed E-state index contributed by atoms with van der Waals surface area (Å²) in [6.07, 6.45) is 3.80. The van der Waals surface area contributed by atoms with E-state index in [1.807, 2.05) is 24.3 Å². The number of amides is 4. The van der Waals surface area contributed by atoms with Gasteiger partial charge in [-0.2, -0.15) is 0 Å². The van der Waals surface area contributed by atoms with E-state index in [9.17, 15) is 14.4 Å². The average molecular weight is 464 g/mol. The van der Waals surface area contributed by atoms with Gasteiger partial charge in [-0.15, -0.1) is 0 Å². The maximum absolute atomic E-state index is 13.2. The highest BCUT2D eigenvalue weighted by Crippen LogP contribution is 2.47. The molecule has 0 radical (unpaired) electrons. The van der Waals surface area contributed by atoms with Crippen LogP contribution in [0.2, 0.25) is 0 Å². The third kappa shape index (κ3) is 3.77. The number of anilines is 1. The smallest absolute Gasteiger partial charge is 0.325 e. The molecule has 178 valence electrons. The van der Waals surface area contributed by atoms with Crippen molar-refractivity contribution in [1.29, 1.82) is 0 Å². The summed E-state index contributed by atoms with van der Waals surface area (Å²) in [7, 11) is 0. The van der Waals surface area contributed by atoms with E-state index < -0.39 is 29.2 Å². The average Bonchev–Trinajstić information content (AvgIpc) is 3.47. The molecule has 1 aliphatic carbocycles. The summed E-state index contributed by atoms with van der Waals surface area (Å²) in [6, 6.07) is 12.2. The van der Waals surface area contributed by atoms with Crippen LogP contribution < -0.4 is 20.1 Å². The molecule has 2 heterocycles. The molecule has 2 N–H and O–H groups in total. The molecular formula is C26H29N3O5. The first kappa shape index (κ1) is 22.3. The first-order valence-corrected chi connectivity index (χ1v) is 11.8. The number of rotatable bonds is 5. The Morgan fingerprint density at radius 2 is 1.74 bits per heavy atom. The Kier molecular flexibility index (Phi) is 5.26. The monoisotopic (exact) mass is 463 g/mol. The quantitative estimate of drug-likeness (QED) is 0.646. The van der Waals surface area contributed by atoms with Crippen molar-refractivity contribution in [1.82, 2.24) is 10.2 Å². The van der Waals surface area contributed by atoms with Crippen LogP contribution in [0.5, 0.6) is 11.5 Å². The van der Waals surface area contributed by atoms with Crippen LogP contribution in [0.15, 0.2) is 42.5 Å². The minimum absolute atomic E-state index is 0.357. The number of imide groups is 1. The number of carbonyl (C=O) groups excluding carboxylic acids is 3. The number of fused-ring (bicyclic) bond motifs is 1. The van der Waals surface area contributed by atoms with Crippen molar-refractivity contribution in [3.05, 3.63) is 53.6 Å². The molecule has 0 aromatic heterocycles. The molecule has 2 aliphatic heterocycles. The van der Waals surface area contributed by atoms with Gasteiger partial charge in [0.15, 0.2) is 11.5 Å². The van der Waals surface area contributed by atoms with E-state index in [0.29, 0.717) is 28.7 Å². The maximum Gasteiger partial charge on any atom is 0.325 e. The van der Waals surface area contributed by atoms with Crippen LogP contribution in [0.25, 0.3) is 0 Å². The molecule has 8 heteroatoms. The van der Waals surface area contributed by atoms with Gasteiger partial charge in [0.1, 0.15) is 12.1 Å². The summed E-state index contributed by atoms with van der Waals surface area (Å²) in [4.78, 5) is 39.4. The molecule has 1 unspecified atom stereocenters. The molecule has 1 spiro atoms. The van der Waals surface area contributed by atoms with Crippen LogP contribution in [0.4, 0.5) is 10.5 Å². The summed E-state index contributed by atoms with van der Waals surface area (Å²) in [5.41, 5.74) is 1.11. The normalized spacial score (nSPS) is 22.5. The van der Waals surface area contributed by atoms with Crippen LogP contribution in [0, 0.1) is 0 Å². The molecule has 0 bridgehead atoms. The lowest BCUT2D eigenvalue weighted by molar-refractivity contribution is -0.133. The minimum Gasteiger partial charge on any atom is -0.448 e. The molecule has 1 saturated heterocycles. The molecule has 5 rings (SSSR count). The van der Waals surface area contributed by atoms with Gasteiger partial charge >= 0.3 is 6.03 Å². The van der Waals surface area contributed by atoms with Gasteiger partial charge in [0.25, 0.3) is 11.7 Å². The molecule has 2 fully saturated rings. The largest absolute Gasteiger partial charge is 0.448 e. The van der Waals surface area contributed by atoms with Crippen molar-refractivity contribution in [2.45, 2.75) is 63.7 Å². The van der Waals surface area contributed by atoms with Crippen LogP contribution in [-0.4, -0.2) is 35.1 Å². The summed E-state index contributed by atoms with van der Waals surface area (Å²) in [5.74, 6) is 0.0929. The second-order valence-electron chi connectivity index (χ2n) is 9.75. The number of carbonyl (C=O) groups is 3. The van der Waals surface area contributed by atoms with Crippen molar-refractivity contribution in [2.75, 3.05) is 11.9 Å². The highest BCUT2D eigenvalue weighted by atomic mass is 16.7. The summed E-state index contributed by atoms with van der Waals surface area (Å²) in [6.45, 7) is 5.45. The van der Waals surface area contributed by atoms with Gasteiger partial charge in [-0.3, -0.25) is 14.5 Å². The van der Waals surface area contributed by atoms with Gasteiger partial charge in [0.05, 0.1) is 0 Å². The number of urea groups is 1. The van der Waals surface area contributed by atoms with Crippen LogP contribution in [0.1, 0.15) is 63.5 Å². The van der Waals surface area contributed by atoms with E-state index in [0.717, 1.165) is 36.1 Å². The van der Waals surface area contributed by atoms with Crippen molar-refractivity contribution in [3.63, 3.8) is 0 Å². The molecule has 3 aliphatic rings. The van der Waals surface area contributed by atoms with Gasteiger partial charge in [-0.1, -0.05) is 38.1 Å². The third-order valence-corrected chi connectivity index (χ3v) is 6.92. The zero-order chi connectivity index (χ0) is 24.1. The number of nitrogens with zero attached hydrogens (tertiary/aromatic N) is 1. The predicted molar refractivity (Wildman–Crippen MR) is 126 cm³/mol. The molecule has 4 amide bonds. The van der Waals surface area contributed by atoms with E-state index in [4.69, 9.17) is 9.47 Å². The SMILES string of the molecule is CC(C)c1ccc(C2(C)NC(=O)N(CC(=O)Nc3ccc4c(c3)OC3(CCCC3)O4)C2=O)cc1. The van der Waals surface area contributed by atoms with E-state index in [1.54, 1.807) is 25.1 Å². The van der Waals surface area contributed by atoms with Gasteiger partial charge in [0.2, 0.25) is 5.91 Å². The van der Waals surface area contributed by atoms with Crippen LogP contribution in [0.3, 0.4) is 0 Å². The Morgan fingerprint density at radius 3 is 2.41 bits per heavy atom. The second-order valence-corrected chi connectivity index (χ2v) is 9.75. The lowest BCUT2D eigenvalue weighted by Crippen LogP contribution is -2.42. The molecule has 2 aromatic carbocycles. The highest BCUT2D eigenvalue weighted by molar-refractivity contribution is 6.10. The molecular weight excluding hydrogens is 434 g/mol. The number of hydrogen-bond acceptors (Lipinski definition) is 5. The Labute approximate surface area is 198 Å². The van der Waals surface area contributed by atoms with Gasteiger partial charge < -0.3 is 20.1 Å². The van der Waals surface area contributed by atoms with Gasteiger partial charge in [0, 0.05) is 24.6 Å². The summed E-state index contributed by atoms with van der Waals surface area (Å²) < 4.78 is 12.0. The highest BCUT2D eigenvalue weighted by Gasteiger charge is 2.49. The fraction of sp³-hybridized carbons (Fsp3) is 0.423. The van der Waals surface area contributed by atoms with Crippen molar-refractivity contribution >= 4 is 23.5 Å². The summed E-state index contributed by atoms with van der Waals surface area (Å²) >= 11 is 0. The van der Waals surface area contributed by atoms with E-state index in [-0.39, 0.29) is 6.54 Å². The van der Waals surface area contributed by atoms with Gasteiger partial charge in [-0.25, -0.2) is 4.79 Å². The Hall–Kier alpha value is -3.55. The lowest BCUT2D eigenvalue weighted by atomic mass is 9.90. The molecule has 1 atom stereocenters. The number of nitrogens with one attached hydrogen (secondary N) is 2. The zero-order valence-corrected chi connectivity index (χ0v) is 19.6. The third-order valence-electron chi connectivity index (χ3n) is 6.92. The molecule has 34 heavy (non-hydrogen) atoms. The van der Waals surface area contributed by atoms with Crippen molar-refractivity contribution < 1.29 is 23.9 Å². The lowest BCUT2D eigenvalue weighted by Gasteiger charge is -2.22. The minimum atomic E-state index is -1.22. The Morgan fingerprint density at radius 1 is 1.06 bits per heavy atom. The Balaban J connectivity index is 1.26. The fourth-order valence-corrected chi connectivity index (χ4v) is 4.87. The van der Waals surface area contributed by atoms with Crippen molar-refractivity contribution in [2.24, 2.45) is 0 Å².